The summed E-state index contributed by atoms with van der Waals surface area (Å²) in [4.78, 5) is 31.1. The largest absolute Gasteiger partial charge is 0.495 e. The van der Waals surface area contributed by atoms with Crippen LogP contribution in [-0.2, 0) is 4.79 Å². The van der Waals surface area contributed by atoms with Crippen LogP contribution in [0.4, 0.5) is 5.69 Å². The van der Waals surface area contributed by atoms with Crippen molar-refractivity contribution in [1.29, 1.82) is 5.26 Å². The number of hydrogen-bond acceptors (Lipinski definition) is 5. The Labute approximate surface area is 212 Å². The third kappa shape index (κ3) is 4.58. The molecule has 1 amide bonds. The van der Waals surface area contributed by atoms with Crippen LogP contribution in [0, 0.1) is 17.2 Å². The molecule has 36 heavy (non-hydrogen) atoms. The van der Waals surface area contributed by atoms with Gasteiger partial charge in [0.1, 0.15) is 17.4 Å². The van der Waals surface area contributed by atoms with Crippen LogP contribution < -0.4 is 15.6 Å². The highest BCUT2D eigenvalue weighted by Gasteiger charge is 2.30. The number of anilines is 1. The second kappa shape index (κ2) is 9.88. The first kappa shape index (κ1) is 23.6. The van der Waals surface area contributed by atoms with Gasteiger partial charge in [-0.05, 0) is 42.7 Å². The van der Waals surface area contributed by atoms with Crippen LogP contribution in [0.1, 0.15) is 37.3 Å². The van der Waals surface area contributed by atoms with Crippen LogP contribution in [0.25, 0.3) is 16.8 Å². The van der Waals surface area contributed by atoms with Crippen LogP contribution >= 0.6 is 11.6 Å². The first-order valence-corrected chi connectivity index (χ1v) is 12.1. The summed E-state index contributed by atoms with van der Waals surface area (Å²) in [7, 11) is 1.49. The zero-order chi connectivity index (χ0) is 25.2. The van der Waals surface area contributed by atoms with Crippen LogP contribution in [0.5, 0.6) is 5.75 Å². The van der Waals surface area contributed by atoms with E-state index in [1.807, 2.05) is 10.5 Å². The van der Waals surface area contributed by atoms with Crippen LogP contribution in [0.15, 0.2) is 66.0 Å². The molecule has 1 N–H and O–H groups in total. The molecule has 1 aromatic carbocycles. The molecular weight excluding hydrogens is 478 g/mol. The minimum Gasteiger partial charge on any atom is -0.495 e. The maximum Gasteiger partial charge on any atom is 0.252 e. The van der Waals surface area contributed by atoms with Gasteiger partial charge in [-0.1, -0.05) is 30.9 Å². The fourth-order valence-electron chi connectivity index (χ4n) is 4.59. The van der Waals surface area contributed by atoms with E-state index in [0.29, 0.717) is 45.5 Å². The zero-order valence-electron chi connectivity index (χ0n) is 19.6. The molecule has 1 atom stereocenters. The summed E-state index contributed by atoms with van der Waals surface area (Å²) >= 11 is 6.18. The molecule has 8 nitrogen and oxygen atoms in total. The SMILES string of the molecule is COc1cn(C(CC2CCC2)C(=O)Nc2ccc3nccn3c2)c(=O)cc1-c1cc(Cl)ccc1C#N. The summed E-state index contributed by atoms with van der Waals surface area (Å²) in [5, 5.41) is 13.0. The number of nitrogens with one attached hydrogen (secondary N) is 1. The number of methoxy groups -OCH3 is 1. The number of fused-ring (bicyclic) bond motifs is 1. The van der Waals surface area contributed by atoms with Crippen molar-refractivity contribution < 1.29 is 9.53 Å². The highest BCUT2D eigenvalue weighted by Crippen LogP contribution is 2.36. The molecule has 1 fully saturated rings. The number of hydrogen-bond donors (Lipinski definition) is 1. The molecule has 0 aliphatic heterocycles. The van der Waals surface area contributed by atoms with Crippen molar-refractivity contribution in [2.45, 2.75) is 31.7 Å². The van der Waals surface area contributed by atoms with Gasteiger partial charge in [0, 0.05) is 40.8 Å². The lowest BCUT2D eigenvalue weighted by atomic mass is 9.80. The summed E-state index contributed by atoms with van der Waals surface area (Å²) in [6.45, 7) is 0. The fraction of sp³-hybridized carbons (Fsp3) is 0.259. The molecule has 3 heterocycles. The van der Waals surface area contributed by atoms with E-state index < -0.39 is 6.04 Å². The van der Waals surface area contributed by atoms with Crippen LogP contribution in [0.3, 0.4) is 0 Å². The van der Waals surface area contributed by atoms with Crippen molar-refractivity contribution >= 4 is 28.8 Å². The number of rotatable bonds is 7. The Kier molecular flexibility index (Phi) is 6.49. The lowest BCUT2D eigenvalue weighted by Gasteiger charge is -2.30. The van der Waals surface area contributed by atoms with Gasteiger partial charge in [0.2, 0.25) is 5.91 Å². The van der Waals surface area contributed by atoms with Gasteiger partial charge < -0.3 is 14.5 Å². The van der Waals surface area contributed by atoms with Crippen molar-refractivity contribution in [3.05, 3.63) is 82.1 Å². The molecule has 0 spiro atoms. The van der Waals surface area contributed by atoms with Crippen molar-refractivity contribution in [1.82, 2.24) is 14.0 Å². The van der Waals surface area contributed by atoms with Crippen LogP contribution in [-0.4, -0.2) is 27.0 Å². The minimum atomic E-state index is -0.723. The first-order chi connectivity index (χ1) is 17.5. The average Bonchev–Trinajstić information content (AvgIpc) is 3.31. The van der Waals surface area contributed by atoms with Gasteiger partial charge >= 0.3 is 0 Å². The lowest BCUT2D eigenvalue weighted by Crippen LogP contribution is -2.35. The van der Waals surface area contributed by atoms with E-state index in [4.69, 9.17) is 16.3 Å². The average molecular weight is 502 g/mol. The zero-order valence-corrected chi connectivity index (χ0v) is 20.4. The Hall–Kier alpha value is -4.09. The summed E-state index contributed by atoms with van der Waals surface area (Å²) in [5.41, 5.74) is 2.34. The summed E-state index contributed by atoms with van der Waals surface area (Å²) in [6, 6.07) is 11.3. The van der Waals surface area contributed by atoms with Crippen molar-refractivity contribution in [2.24, 2.45) is 5.92 Å². The number of carbonyl (C=O) groups is 1. The molecule has 1 unspecified atom stereocenters. The van der Waals surface area contributed by atoms with Gasteiger partial charge in [0.25, 0.3) is 5.56 Å². The monoisotopic (exact) mass is 501 g/mol. The number of benzene rings is 1. The number of nitrogens with zero attached hydrogens (tertiary/aromatic N) is 4. The Morgan fingerprint density at radius 3 is 2.81 bits per heavy atom. The second-order valence-electron chi connectivity index (χ2n) is 8.95. The molecule has 5 rings (SSSR count). The van der Waals surface area contributed by atoms with Gasteiger partial charge in [-0.15, -0.1) is 0 Å². The molecule has 3 aromatic heterocycles. The molecule has 0 radical (unpaired) electrons. The van der Waals surface area contributed by atoms with Gasteiger partial charge in [0.15, 0.2) is 0 Å². The maximum atomic E-state index is 13.5. The third-order valence-corrected chi connectivity index (χ3v) is 6.97. The molecule has 4 aromatic rings. The molecule has 182 valence electrons. The number of ether oxygens (including phenoxy) is 1. The van der Waals surface area contributed by atoms with E-state index in [0.717, 1.165) is 24.9 Å². The van der Waals surface area contributed by atoms with Gasteiger partial charge in [0.05, 0.1) is 30.6 Å². The predicted octanol–water partition coefficient (Wildman–Crippen LogP) is 5.07. The van der Waals surface area contributed by atoms with E-state index in [9.17, 15) is 14.9 Å². The standard InChI is InChI=1S/C27H24ClN5O3/c1-36-24-16-33(26(34)13-22(24)21-12-19(28)6-5-18(21)14-29)23(11-17-3-2-4-17)27(35)31-20-7-8-25-30-9-10-32(25)15-20/h5-10,12-13,15-17,23H,2-4,11H2,1H3,(H,31,35). The molecular formula is C27H24ClN5O3. The van der Waals surface area contributed by atoms with Crippen molar-refractivity contribution in [2.75, 3.05) is 12.4 Å². The van der Waals surface area contributed by atoms with Gasteiger partial charge in [-0.3, -0.25) is 14.2 Å². The molecule has 1 aliphatic rings. The molecule has 0 saturated heterocycles. The minimum absolute atomic E-state index is 0.279. The topological polar surface area (TPSA) is 101 Å². The van der Waals surface area contributed by atoms with E-state index in [2.05, 4.69) is 16.4 Å². The Balaban J connectivity index is 1.53. The summed E-state index contributed by atoms with van der Waals surface area (Å²) in [5.74, 6) is 0.464. The Morgan fingerprint density at radius 2 is 2.08 bits per heavy atom. The van der Waals surface area contributed by atoms with Gasteiger partial charge in [-0.25, -0.2) is 4.98 Å². The Bertz CT molecular complexity index is 1550. The smallest absolute Gasteiger partial charge is 0.252 e. The van der Waals surface area contributed by atoms with Crippen molar-refractivity contribution in [3.63, 3.8) is 0 Å². The fourth-order valence-corrected chi connectivity index (χ4v) is 4.76. The normalized spacial score (nSPS) is 14.1. The number of imidazole rings is 1. The number of pyridine rings is 2. The Morgan fingerprint density at radius 1 is 1.25 bits per heavy atom. The summed E-state index contributed by atoms with van der Waals surface area (Å²) in [6.07, 6.45) is 10.6. The van der Waals surface area contributed by atoms with E-state index in [-0.39, 0.29) is 11.5 Å². The summed E-state index contributed by atoms with van der Waals surface area (Å²) < 4.78 is 8.86. The quantitative estimate of drug-likeness (QED) is 0.381. The lowest BCUT2D eigenvalue weighted by molar-refractivity contribution is -0.120. The third-order valence-electron chi connectivity index (χ3n) is 6.73. The number of amides is 1. The van der Waals surface area contributed by atoms with Crippen LogP contribution in [0.2, 0.25) is 5.02 Å². The van der Waals surface area contributed by atoms with Crippen molar-refractivity contribution in [3.8, 4) is 22.9 Å². The highest BCUT2D eigenvalue weighted by atomic mass is 35.5. The van der Waals surface area contributed by atoms with E-state index in [1.165, 1.54) is 17.7 Å². The second-order valence-corrected chi connectivity index (χ2v) is 9.39. The first-order valence-electron chi connectivity index (χ1n) is 11.7. The number of carbonyl (C=O) groups excluding carboxylic acids is 1. The molecule has 1 aliphatic carbocycles. The number of halogens is 1. The van der Waals surface area contributed by atoms with E-state index >= 15 is 0 Å². The molecule has 1 saturated carbocycles. The predicted molar refractivity (Wildman–Crippen MR) is 137 cm³/mol. The number of nitriles is 1. The van der Waals surface area contributed by atoms with E-state index in [1.54, 1.807) is 49.1 Å². The maximum absolute atomic E-state index is 13.5. The molecule has 9 heteroatoms. The number of aromatic nitrogens is 3. The van der Waals surface area contributed by atoms with Gasteiger partial charge in [-0.2, -0.15) is 5.26 Å². The highest BCUT2D eigenvalue weighted by molar-refractivity contribution is 6.31. The molecule has 0 bridgehead atoms.